The molecule has 108 valence electrons. The van der Waals surface area contributed by atoms with E-state index >= 15 is 0 Å². The minimum absolute atomic E-state index is 0.0691. The highest BCUT2D eigenvalue weighted by molar-refractivity contribution is 6.31. The van der Waals surface area contributed by atoms with E-state index in [2.05, 4.69) is 16.3 Å². The lowest BCUT2D eigenvalue weighted by Crippen LogP contribution is -2.45. The number of fused-ring (bicyclic) bond motifs is 1. The Morgan fingerprint density at radius 1 is 1.50 bits per heavy atom. The van der Waals surface area contributed by atoms with Gasteiger partial charge in [0.1, 0.15) is 0 Å². The van der Waals surface area contributed by atoms with Crippen LogP contribution in [0.25, 0.3) is 0 Å². The zero-order chi connectivity index (χ0) is 14.3. The number of piperidine rings is 1. The maximum atomic E-state index is 11.8. The summed E-state index contributed by atoms with van der Waals surface area (Å²) in [5.41, 5.74) is 7.95. The van der Waals surface area contributed by atoms with E-state index in [1.165, 1.54) is 0 Å². The monoisotopic (exact) mass is 293 g/mol. The third-order valence-electron chi connectivity index (χ3n) is 4.41. The Morgan fingerprint density at radius 2 is 2.30 bits per heavy atom. The number of carbonyl (C=O) groups is 1. The van der Waals surface area contributed by atoms with Crippen LogP contribution >= 0.6 is 11.6 Å². The molecule has 1 amide bonds. The van der Waals surface area contributed by atoms with Crippen molar-refractivity contribution in [2.24, 2.45) is 11.7 Å². The molecule has 0 aliphatic carbocycles. The standard InChI is InChI=1S/C15H20ClN3O/c1-9(17)11-5-4-10(7-13(11)16)19-6-2-3-12-14(19)8-18-15(12)20/h4-5,7,9,12,14H,2-3,6,8,17H2,1H3,(H,18,20). The van der Waals surface area contributed by atoms with Crippen LogP contribution in [0.15, 0.2) is 18.2 Å². The Kier molecular flexibility index (Phi) is 3.61. The molecule has 20 heavy (non-hydrogen) atoms. The first-order valence-electron chi connectivity index (χ1n) is 7.17. The highest BCUT2D eigenvalue weighted by atomic mass is 35.5. The lowest BCUT2D eigenvalue weighted by Gasteiger charge is -2.38. The molecule has 3 atom stereocenters. The molecule has 0 saturated carbocycles. The van der Waals surface area contributed by atoms with Crippen LogP contribution in [-0.4, -0.2) is 25.0 Å². The molecule has 3 rings (SSSR count). The third-order valence-corrected chi connectivity index (χ3v) is 4.73. The second-order valence-electron chi connectivity index (χ2n) is 5.75. The molecule has 3 unspecified atom stereocenters. The summed E-state index contributed by atoms with van der Waals surface area (Å²) in [5.74, 6) is 0.314. The van der Waals surface area contributed by atoms with Crippen molar-refractivity contribution < 1.29 is 4.79 Å². The van der Waals surface area contributed by atoms with Gasteiger partial charge in [-0.2, -0.15) is 0 Å². The first-order valence-corrected chi connectivity index (χ1v) is 7.55. The molecule has 0 aromatic heterocycles. The summed E-state index contributed by atoms with van der Waals surface area (Å²) in [4.78, 5) is 14.1. The second-order valence-corrected chi connectivity index (χ2v) is 6.16. The van der Waals surface area contributed by atoms with Gasteiger partial charge in [0.15, 0.2) is 0 Å². The van der Waals surface area contributed by atoms with Crippen LogP contribution in [0.3, 0.4) is 0 Å². The molecule has 0 spiro atoms. The fourth-order valence-electron chi connectivity index (χ4n) is 3.34. The van der Waals surface area contributed by atoms with Crippen LogP contribution in [0.5, 0.6) is 0 Å². The van der Waals surface area contributed by atoms with Crippen molar-refractivity contribution in [2.75, 3.05) is 18.0 Å². The number of hydrogen-bond donors (Lipinski definition) is 2. The smallest absolute Gasteiger partial charge is 0.225 e. The molecular formula is C15H20ClN3O. The van der Waals surface area contributed by atoms with E-state index in [1.807, 2.05) is 19.1 Å². The van der Waals surface area contributed by atoms with Gasteiger partial charge in [-0.3, -0.25) is 4.79 Å². The molecule has 2 heterocycles. The maximum Gasteiger partial charge on any atom is 0.225 e. The number of amides is 1. The van der Waals surface area contributed by atoms with Crippen molar-refractivity contribution in [1.29, 1.82) is 0 Å². The van der Waals surface area contributed by atoms with Crippen LogP contribution in [0, 0.1) is 5.92 Å². The fourth-order valence-corrected chi connectivity index (χ4v) is 3.68. The maximum absolute atomic E-state index is 11.8. The predicted octanol–water partition coefficient (Wildman–Crippen LogP) is 2.07. The number of carbonyl (C=O) groups excluding carboxylic acids is 1. The van der Waals surface area contributed by atoms with Crippen LogP contribution in [-0.2, 0) is 4.79 Å². The van der Waals surface area contributed by atoms with E-state index in [0.29, 0.717) is 5.02 Å². The zero-order valence-corrected chi connectivity index (χ0v) is 12.4. The summed E-state index contributed by atoms with van der Waals surface area (Å²) in [6, 6.07) is 6.23. The van der Waals surface area contributed by atoms with Gasteiger partial charge in [-0.1, -0.05) is 17.7 Å². The van der Waals surface area contributed by atoms with Gasteiger partial charge in [0, 0.05) is 29.8 Å². The van der Waals surface area contributed by atoms with Crippen molar-refractivity contribution in [3.8, 4) is 0 Å². The van der Waals surface area contributed by atoms with Gasteiger partial charge in [-0.05, 0) is 37.5 Å². The van der Waals surface area contributed by atoms with Crippen LogP contribution in [0.2, 0.25) is 5.02 Å². The molecule has 2 aliphatic rings. The van der Waals surface area contributed by atoms with E-state index in [9.17, 15) is 4.79 Å². The number of anilines is 1. The molecule has 2 fully saturated rings. The van der Waals surface area contributed by atoms with Gasteiger partial charge in [0.05, 0.1) is 12.0 Å². The van der Waals surface area contributed by atoms with E-state index in [4.69, 9.17) is 17.3 Å². The average molecular weight is 294 g/mol. The SMILES string of the molecule is CC(N)c1ccc(N2CCCC3C(=O)NCC32)cc1Cl. The van der Waals surface area contributed by atoms with Gasteiger partial charge < -0.3 is 16.0 Å². The van der Waals surface area contributed by atoms with Gasteiger partial charge in [0.25, 0.3) is 0 Å². The lowest BCUT2D eigenvalue weighted by atomic mass is 9.91. The Hall–Kier alpha value is -1.26. The Labute approximate surface area is 124 Å². The van der Waals surface area contributed by atoms with Crippen LogP contribution in [0.4, 0.5) is 5.69 Å². The van der Waals surface area contributed by atoms with E-state index in [0.717, 1.165) is 37.2 Å². The number of benzene rings is 1. The van der Waals surface area contributed by atoms with Crippen molar-refractivity contribution in [3.05, 3.63) is 28.8 Å². The highest BCUT2D eigenvalue weighted by Gasteiger charge is 2.40. The third kappa shape index (κ3) is 2.27. The summed E-state index contributed by atoms with van der Waals surface area (Å²) in [6.07, 6.45) is 2.03. The van der Waals surface area contributed by atoms with Crippen molar-refractivity contribution in [3.63, 3.8) is 0 Å². The van der Waals surface area contributed by atoms with Crippen molar-refractivity contribution >= 4 is 23.2 Å². The Bertz CT molecular complexity index is 532. The van der Waals surface area contributed by atoms with E-state index < -0.39 is 0 Å². The number of halogens is 1. The highest BCUT2D eigenvalue weighted by Crippen LogP contribution is 2.34. The van der Waals surface area contributed by atoms with Crippen LogP contribution < -0.4 is 16.0 Å². The van der Waals surface area contributed by atoms with Gasteiger partial charge >= 0.3 is 0 Å². The van der Waals surface area contributed by atoms with Gasteiger partial charge in [-0.15, -0.1) is 0 Å². The van der Waals surface area contributed by atoms with E-state index in [-0.39, 0.29) is 23.9 Å². The number of nitrogens with two attached hydrogens (primary N) is 1. The number of hydrogen-bond acceptors (Lipinski definition) is 3. The lowest BCUT2D eigenvalue weighted by molar-refractivity contribution is -0.122. The van der Waals surface area contributed by atoms with Crippen LogP contribution in [0.1, 0.15) is 31.4 Å². The number of nitrogens with zero attached hydrogens (tertiary/aromatic N) is 1. The summed E-state index contributed by atoms with van der Waals surface area (Å²) in [5, 5.41) is 3.68. The summed E-state index contributed by atoms with van der Waals surface area (Å²) >= 11 is 6.33. The normalized spacial score (nSPS) is 27.1. The molecule has 2 aliphatic heterocycles. The molecule has 3 N–H and O–H groups in total. The van der Waals surface area contributed by atoms with E-state index in [1.54, 1.807) is 0 Å². The minimum atomic E-state index is -0.0691. The number of nitrogens with one attached hydrogen (secondary N) is 1. The van der Waals surface area contributed by atoms with Gasteiger partial charge in [-0.25, -0.2) is 0 Å². The molecule has 4 nitrogen and oxygen atoms in total. The first-order chi connectivity index (χ1) is 9.58. The topological polar surface area (TPSA) is 58.4 Å². The average Bonchev–Trinajstić information content (AvgIpc) is 2.80. The summed E-state index contributed by atoms with van der Waals surface area (Å²) in [7, 11) is 0. The molecule has 0 radical (unpaired) electrons. The van der Waals surface area contributed by atoms with Crippen molar-refractivity contribution in [2.45, 2.75) is 31.8 Å². The van der Waals surface area contributed by atoms with Crippen molar-refractivity contribution in [1.82, 2.24) is 5.32 Å². The molecular weight excluding hydrogens is 274 g/mol. The molecule has 1 aromatic rings. The Morgan fingerprint density at radius 3 is 3.00 bits per heavy atom. The van der Waals surface area contributed by atoms with Gasteiger partial charge in [0.2, 0.25) is 5.91 Å². The molecule has 1 aromatic carbocycles. The quantitative estimate of drug-likeness (QED) is 0.878. The minimum Gasteiger partial charge on any atom is -0.366 e. The summed E-state index contributed by atoms with van der Waals surface area (Å²) < 4.78 is 0. The molecule has 5 heteroatoms. The zero-order valence-electron chi connectivity index (χ0n) is 11.6. The molecule has 2 saturated heterocycles. The summed E-state index contributed by atoms with van der Waals surface area (Å²) in [6.45, 7) is 3.64. The second kappa shape index (κ2) is 5.26. The molecule has 0 bridgehead atoms. The largest absolute Gasteiger partial charge is 0.366 e. The fraction of sp³-hybridized carbons (Fsp3) is 0.533. The Balaban J connectivity index is 1.89. The first kappa shape index (κ1) is 13.7. The number of rotatable bonds is 2. The predicted molar refractivity (Wildman–Crippen MR) is 80.9 cm³/mol.